The summed E-state index contributed by atoms with van der Waals surface area (Å²) < 4.78 is 0. The molecular weight excluding hydrogens is 298 g/mol. The summed E-state index contributed by atoms with van der Waals surface area (Å²) in [6, 6.07) is 14.6. The van der Waals surface area contributed by atoms with Crippen molar-refractivity contribution in [2.75, 3.05) is 19.6 Å². The molecule has 4 heteroatoms. The zero-order valence-corrected chi connectivity index (χ0v) is 13.2. The third-order valence-electron chi connectivity index (χ3n) is 4.49. The number of benzene rings is 2. The molecule has 22 heavy (non-hydrogen) atoms. The molecule has 0 bridgehead atoms. The van der Waals surface area contributed by atoms with Crippen LogP contribution >= 0.6 is 11.6 Å². The Kier molecular flexibility index (Phi) is 4.65. The second kappa shape index (κ2) is 6.67. The number of alkyl halides is 1. The first-order valence-corrected chi connectivity index (χ1v) is 8.15. The first-order valence-electron chi connectivity index (χ1n) is 7.71. The molecule has 1 fully saturated rings. The minimum atomic E-state index is -0.670. The fourth-order valence-electron chi connectivity index (χ4n) is 3.10. The molecule has 1 aliphatic rings. The predicted octanol–water partition coefficient (Wildman–Crippen LogP) is 3.92. The molecule has 0 aromatic heterocycles. The zero-order valence-electron chi connectivity index (χ0n) is 12.4. The van der Waals surface area contributed by atoms with Gasteiger partial charge in [-0.15, -0.1) is 11.6 Å². The second-order valence-electron chi connectivity index (χ2n) is 5.99. The number of carboxylic acids is 1. The highest BCUT2D eigenvalue weighted by Crippen LogP contribution is 2.27. The number of fused-ring (bicyclic) bond motifs is 1. The van der Waals surface area contributed by atoms with E-state index in [9.17, 15) is 4.79 Å². The van der Waals surface area contributed by atoms with Crippen LogP contribution in [0.1, 0.15) is 23.8 Å². The fraction of sp³-hybridized carbons (Fsp3) is 0.389. The van der Waals surface area contributed by atoms with E-state index in [1.54, 1.807) is 0 Å². The van der Waals surface area contributed by atoms with E-state index in [1.165, 1.54) is 10.8 Å². The quantitative estimate of drug-likeness (QED) is 0.869. The average molecular weight is 318 g/mol. The van der Waals surface area contributed by atoms with Crippen molar-refractivity contribution in [1.29, 1.82) is 0 Å². The lowest BCUT2D eigenvalue weighted by molar-refractivity contribution is -0.143. The number of halogens is 1. The van der Waals surface area contributed by atoms with Crippen molar-refractivity contribution in [2.45, 2.75) is 18.2 Å². The Labute approximate surface area is 135 Å². The van der Waals surface area contributed by atoms with Gasteiger partial charge in [0.05, 0.1) is 11.3 Å². The van der Waals surface area contributed by atoms with Crippen LogP contribution in [-0.4, -0.2) is 35.6 Å². The Balaban J connectivity index is 1.63. The fourth-order valence-corrected chi connectivity index (χ4v) is 3.43. The van der Waals surface area contributed by atoms with Gasteiger partial charge >= 0.3 is 5.97 Å². The second-order valence-corrected chi connectivity index (χ2v) is 6.51. The normalized spacial score (nSPS) is 18.4. The van der Waals surface area contributed by atoms with Gasteiger partial charge in [-0.3, -0.25) is 4.79 Å². The number of hydrogen-bond acceptors (Lipinski definition) is 2. The summed E-state index contributed by atoms with van der Waals surface area (Å²) in [4.78, 5) is 13.3. The van der Waals surface area contributed by atoms with Crippen molar-refractivity contribution >= 4 is 28.3 Å². The van der Waals surface area contributed by atoms with E-state index in [0.29, 0.717) is 0 Å². The van der Waals surface area contributed by atoms with Gasteiger partial charge in [0, 0.05) is 6.54 Å². The minimum absolute atomic E-state index is 0.0639. The first kappa shape index (κ1) is 15.3. The number of aliphatic carboxylic acids is 1. The maximum absolute atomic E-state index is 11.0. The maximum atomic E-state index is 11.0. The molecule has 0 saturated carbocycles. The van der Waals surface area contributed by atoms with Crippen molar-refractivity contribution in [2.24, 2.45) is 5.92 Å². The molecule has 116 valence electrons. The molecular formula is C18H20ClNO2. The van der Waals surface area contributed by atoms with Crippen LogP contribution in [0, 0.1) is 5.92 Å². The average Bonchev–Trinajstić information content (AvgIpc) is 2.55. The van der Waals surface area contributed by atoms with Gasteiger partial charge in [-0.25, -0.2) is 0 Å². The Hall–Kier alpha value is -1.58. The molecule has 0 aliphatic carbocycles. The minimum Gasteiger partial charge on any atom is -0.481 e. The molecule has 1 atom stereocenters. The summed E-state index contributed by atoms with van der Waals surface area (Å²) in [5.74, 6) is -0.859. The molecule has 2 aromatic carbocycles. The van der Waals surface area contributed by atoms with Gasteiger partial charge in [0.15, 0.2) is 0 Å². The smallest absolute Gasteiger partial charge is 0.306 e. The van der Waals surface area contributed by atoms with Crippen molar-refractivity contribution < 1.29 is 9.90 Å². The third-order valence-corrected chi connectivity index (χ3v) is 4.88. The van der Waals surface area contributed by atoms with Crippen molar-refractivity contribution in [1.82, 2.24) is 4.90 Å². The number of hydrogen-bond donors (Lipinski definition) is 1. The van der Waals surface area contributed by atoms with Gasteiger partial charge in [0.1, 0.15) is 0 Å². The van der Waals surface area contributed by atoms with Crippen LogP contribution in [0.5, 0.6) is 0 Å². The lowest BCUT2D eigenvalue weighted by Gasteiger charge is -2.31. The summed E-state index contributed by atoms with van der Waals surface area (Å²) in [5, 5.41) is 11.4. The molecule has 1 heterocycles. The van der Waals surface area contributed by atoms with Gasteiger partial charge < -0.3 is 10.0 Å². The van der Waals surface area contributed by atoms with Crippen LogP contribution in [0.15, 0.2) is 42.5 Å². The van der Waals surface area contributed by atoms with Crippen molar-refractivity contribution in [3.8, 4) is 0 Å². The van der Waals surface area contributed by atoms with Crippen LogP contribution in [0.3, 0.4) is 0 Å². The number of likely N-dealkylation sites (tertiary alicyclic amines) is 1. The monoisotopic (exact) mass is 317 g/mol. The van der Waals surface area contributed by atoms with E-state index < -0.39 is 5.97 Å². The molecule has 0 radical (unpaired) electrons. The van der Waals surface area contributed by atoms with Crippen LogP contribution in [0.2, 0.25) is 0 Å². The first-order chi connectivity index (χ1) is 10.6. The molecule has 1 saturated heterocycles. The highest BCUT2D eigenvalue weighted by molar-refractivity contribution is 6.21. The van der Waals surface area contributed by atoms with Crippen LogP contribution in [0.4, 0.5) is 0 Å². The number of rotatable bonds is 4. The number of carboxylic acid groups (broad SMARTS) is 1. The number of carbonyl (C=O) groups is 1. The summed E-state index contributed by atoms with van der Waals surface area (Å²) in [6.07, 6.45) is 1.44. The van der Waals surface area contributed by atoms with Crippen LogP contribution in [0.25, 0.3) is 10.8 Å². The van der Waals surface area contributed by atoms with Gasteiger partial charge in [0.25, 0.3) is 0 Å². The van der Waals surface area contributed by atoms with Gasteiger partial charge in [-0.2, -0.15) is 0 Å². The third kappa shape index (κ3) is 3.42. The molecule has 2 aromatic rings. The predicted molar refractivity (Wildman–Crippen MR) is 89.3 cm³/mol. The number of piperidine rings is 1. The molecule has 3 rings (SSSR count). The Morgan fingerprint density at radius 2 is 1.86 bits per heavy atom. The van der Waals surface area contributed by atoms with Gasteiger partial charge in [-0.05, 0) is 48.3 Å². The maximum Gasteiger partial charge on any atom is 0.306 e. The summed E-state index contributed by atoms with van der Waals surface area (Å²) >= 11 is 6.58. The molecule has 3 nitrogen and oxygen atoms in total. The topological polar surface area (TPSA) is 40.5 Å². The Morgan fingerprint density at radius 1 is 1.18 bits per heavy atom. The highest BCUT2D eigenvalue weighted by Gasteiger charge is 2.25. The lowest BCUT2D eigenvalue weighted by Crippen LogP contribution is -2.37. The Morgan fingerprint density at radius 3 is 2.55 bits per heavy atom. The van der Waals surface area contributed by atoms with E-state index in [0.717, 1.165) is 38.0 Å². The SMILES string of the molecule is O=C(O)C1CCN(CC(Cl)c2ccc3ccccc3c2)CC1. The molecule has 1 aliphatic heterocycles. The van der Waals surface area contributed by atoms with E-state index in [-0.39, 0.29) is 11.3 Å². The zero-order chi connectivity index (χ0) is 15.5. The van der Waals surface area contributed by atoms with Crippen molar-refractivity contribution in [3.63, 3.8) is 0 Å². The summed E-state index contributed by atoms with van der Waals surface area (Å²) in [7, 11) is 0. The van der Waals surface area contributed by atoms with Gasteiger partial charge in [-0.1, -0.05) is 36.4 Å². The van der Waals surface area contributed by atoms with E-state index in [4.69, 9.17) is 16.7 Å². The van der Waals surface area contributed by atoms with Crippen molar-refractivity contribution in [3.05, 3.63) is 48.0 Å². The standard InChI is InChI=1S/C18H20ClNO2/c19-17(12-20-9-7-14(8-10-20)18(21)22)16-6-5-13-3-1-2-4-15(13)11-16/h1-6,11,14,17H,7-10,12H2,(H,21,22). The van der Waals surface area contributed by atoms with Crippen LogP contribution in [-0.2, 0) is 4.79 Å². The Bertz CT molecular complexity index is 665. The van der Waals surface area contributed by atoms with Gasteiger partial charge in [0.2, 0.25) is 0 Å². The van der Waals surface area contributed by atoms with E-state index >= 15 is 0 Å². The van der Waals surface area contributed by atoms with E-state index in [1.807, 2.05) is 12.1 Å². The molecule has 0 spiro atoms. The molecule has 1 unspecified atom stereocenters. The van der Waals surface area contributed by atoms with E-state index in [2.05, 4.69) is 35.2 Å². The number of nitrogens with zero attached hydrogens (tertiary/aromatic N) is 1. The van der Waals surface area contributed by atoms with Crippen LogP contribution < -0.4 is 0 Å². The summed E-state index contributed by atoms with van der Waals surface area (Å²) in [5.41, 5.74) is 1.13. The molecule has 1 N–H and O–H groups in total. The molecule has 0 amide bonds. The summed E-state index contributed by atoms with van der Waals surface area (Å²) in [6.45, 7) is 2.40. The largest absolute Gasteiger partial charge is 0.481 e. The lowest BCUT2D eigenvalue weighted by atomic mass is 9.96. The highest BCUT2D eigenvalue weighted by atomic mass is 35.5.